The molecule has 0 bridgehead atoms. The van der Waals surface area contributed by atoms with Gasteiger partial charge in [-0.05, 0) is 73.0 Å². The molecule has 20 heavy (non-hydrogen) atoms. The smallest absolute Gasteiger partial charge is 0.139 e. The number of rotatable bonds is 0. The molecule has 0 saturated heterocycles. The molecule has 1 heteroatoms. The van der Waals surface area contributed by atoms with Gasteiger partial charge in [-0.15, -0.1) is 0 Å². The Hall–Kier alpha value is -0.590. The van der Waals surface area contributed by atoms with E-state index in [4.69, 9.17) is 0 Å². The Morgan fingerprint density at radius 1 is 1.10 bits per heavy atom. The van der Waals surface area contributed by atoms with Crippen LogP contribution in [0.4, 0.5) is 0 Å². The zero-order valence-electron chi connectivity index (χ0n) is 12.8. The number of hydrogen-bond donors (Lipinski definition) is 0. The first kappa shape index (κ1) is 12.0. The molecule has 1 nitrogen and oxygen atoms in total. The summed E-state index contributed by atoms with van der Waals surface area (Å²) >= 11 is 0. The summed E-state index contributed by atoms with van der Waals surface area (Å²) in [5, 5.41) is 0. The zero-order valence-corrected chi connectivity index (χ0v) is 12.8. The molecule has 4 fully saturated rings. The van der Waals surface area contributed by atoms with Gasteiger partial charge in [-0.25, -0.2) is 0 Å². The third-order valence-electron chi connectivity index (χ3n) is 8.70. The fourth-order valence-corrected chi connectivity index (χ4v) is 7.30. The summed E-state index contributed by atoms with van der Waals surface area (Å²) in [5.74, 6) is 3.79. The van der Waals surface area contributed by atoms with E-state index in [-0.39, 0.29) is 5.41 Å². The van der Waals surface area contributed by atoms with Crippen molar-refractivity contribution in [3.8, 4) is 0 Å². The van der Waals surface area contributed by atoms with Gasteiger partial charge in [0.2, 0.25) is 0 Å². The van der Waals surface area contributed by atoms with Crippen LogP contribution in [0.25, 0.3) is 0 Å². The van der Waals surface area contributed by atoms with E-state index >= 15 is 0 Å². The molecular formula is C19H26O. The lowest BCUT2D eigenvalue weighted by Crippen LogP contribution is -2.50. The van der Waals surface area contributed by atoms with E-state index in [9.17, 15) is 4.79 Å². The minimum atomic E-state index is 0.0218. The molecule has 0 aromatic carbocycles. The van der Waals surface area contributed by atoms with E-state index in [2.05, 4.69) is 26.0 Å². The second-order valence-electron chi connectivity index (χ2n) is 8.97. The summed E-state index contributed by atoms with van der Waals surface area (Å²) in [6.07, 6.45) is 14.1. The number of hydrogen-bond acceptors (Lipinski definition) is 1. The van der Waals surface area contributed by atoms with Crippen molar-refractivity contribution in [2.24, 2.45) is 39.9 Å². The highest BCUT2D eigenvalue weighted by atomic mass is 16.1. The second kappa shape index (κ2) is 3.25. The third-order valence-corrected chi connectivity index (χ3v) is 8.70. The van der Waals surface area contributed by atoms with Crippen LogP contribution >= 0.6 is 0 Å². The molecule has 0 amide bonds. The summed E-state index contributed by atoms with van der Waals surface area (Å²) < 4.78 is 0. The Bertz CT molecular complexity index is 534. The molecule has 4 saturated carbocycles. The number of allylic oxidation sites excluding steroid dienone is 2. The lowest BCUT2D eigenvalue weighted by atomic mass is 9.49. The van der Waals surface area contributed by atoms with Crippen LogP contribution in [0.2, 0.25) is 0 Å². The molecule has 5 aliphatic carbocycles. The third kappa shape index (κ3) is 1.06. The van der Waals surface area contributed by atoms with E-state index in [1.165, 1.54) is 32.1 Å². The van der Waals surface area contributed by atoms with Gasteiger partial charge in [0.1, 0.15) is 5.78 Å². The fraction of sp³-hybridized carbons (Fsp3) is 0.842. The normalized spacial score (nSPS) is 62.6. The van der Waals surface area contributed by atoms with Crippen LogP contribution in [-0.4, -0.2) is 5.78 Å². The summed E-state index contributed by atoms with van der Waals surface area (Å²) in [6.45, 7) is 4.87. The molecule has 0 aliphatic heterocycles. The van der Waals surface area contributed by atoms with Crippen LogP contribution in [0, 0.1) is 39.9 Å². The first-order valence-electron chi connectivity index (χ1n) is 8.74. The molecule has 1 spiro atoms. The van der Waals surface area contributed by atoms with Gasteiger partial charge in [0.15, 0.2) is 0 Å². The van der Waals surface area contributed by atoms with Crippen molar-refractivity contribution in [2.45, 2.75) is 58.8 Å². The van der Waals surface area contributed by atoms with Crippen LogP contribution in [0.3, 0.4) is 0 Å². The van der Waals surface area contributed by atoms with Gasteiger partial charge < -0.3 is 0 Å². The SMILES string of the molecule is C[C@]12CC[C@@H]3[C@H](C=C[C@]45C[C@H]4CC[C@]35C)[C@H]1CCC2=O. The number of carbonyl (C=O) groups excluding carboxylic acids is 1. The summed E-state index contributed by atoms with van der Waals surface area (Å²) in [4.78, 5) is 12.4. The number of fused-ring (bicyclic) bond motifs is 4. The van der Waals surface area contributed by atoms with Crippen molar-refractivity contribution in [2.75, 3.05) is 0 Å². The molecule has 5 rings (SSSR count). The van der Waals surface area contributed by atoms with Gasteiger partial charge in [-0.2, -0.15) is 0 Å². The number of Topliss-reactive ketones (excluding diaryl/α,β-unsaturated/α-hetero) is 1. The topological polar surface area (TPSA) is 17.1 Å². The Morgan fingerprint density at radius 3 is 2.75 bits per heavy atom. The highest BCUT2D eigenvalue weighted by Gasteiger charge is 2.72. The van der Waals surface area contributed by atoms with Crippen molar-refractivity contribution >= 4 is 5.78 Å². The Kier molecular flexibility index (Phi) is 1.95. The van der Waals surface area contributed by atoms with Crippen LogP contribution in [0.5, 0.6) is 0 Å². The van der Waals surface area contributed by atoms with E-state index in [0.717, 1.165) is 24.7 Å². The highest BCUT2D eigenvalue weighted by molar-refractivity contribution is 5.87. The average molecular weight is 270 g/mol. The van der Waals surface area contributed by atoms with Crippen molar-refractivity contribution in [1.29, 1.82) is 0 Å². The van der Waals surface area contributed by atoms with Gasteiger partial charge >= 0.3 is 0 Å². The van der Waals surface area contributed by atoms with Crippen LogP contribution in [-0.2, 0) is 4.79 Å². The van der Waals surface area contributed by atoms with Crippen LogP contribution in [0.15, 0.2) is 12.2 Å². The molecule has 5 aliphatic rings. The second-order valence-corrected chi connectivity index (χ2v) is 8.97. The Labute approximate surface area is 122 Å². The largest absolute Gasteiger partial charge is 0.299 e. The molecule has 0 aromatic heterocycles. The Balaban J connectivity index is 1.59. The maximum Gasteiger partial charge on any atom is 0.139 e. The lowest BCUT2D eigenvalue weighted by Gasteiger charge is -2.55. The molecule has 108 valence electrons. The molecule has 0 N–H and O–H groups in total. The molecular weight excluding hydrogens is 244 g/mol. The summed E-state index contributed by atoms with van der Waals surface area (Å²) in [7, 11) is 0. The maximum atomic E-state index is 12.4. The van der Waals surface area contributed by atoms with Crippen molar-refractivity contribution in [1.82, 2.24) is 0 Å². The van der Waals surface area contributed by atoms with Gasteiger partial charge in [-0.1, -0.05) is 26.0 Å². The van der Waals surface area contributed by atoms with E-state index in [1.807, 2.05) is 0 Å². The fourth-order valence-electron chi connectivity index (χ4n) is 7.30. The van der Waals surface area contributed by atoms with E-state index in [0.29, 0.717) is 28.4 Å². The van der Waals surface area contributed by atoms with Crippen molar-refractivity contribution in [3.63, 3.8) is 0 Å². The molecule has 0 heterocycles. The first-order chi connectivity index (χ1) is 9.51. The molecule has 0 radical (unpaired) electrons. The molecule has 0 unspecified atom stereocenters. The number of carbonyl (C=O) groups is 1. The minimum absolute atomic E-state index is 0.0218. The van der Waals surface area contributed by atoms with E-state index in [1.54, 1.807) is 0 Å². The number of ketones is 1. The minimum Gasteiger partial charge on any atom is -0.299 e. The predicted molar refractivity (Wildman–Crippen MR) is 79.1 cm³/mol. The van der Waals surface area contributed by atoms with Gasteiger partial charge in [0.05, 0.1) is 0 Å². The highest BCUT2D eigenvalue weighted by Crippen LogP contribution is 2.79. The quantitative estimate of drug-likeness (QED) is 0.597. The van der Waals surface area contributed by atoms with E-state index < -0.39 is 0 Å². The Morgan fingerprint density at radius 2 is 1.95 bits per heavy atom. The molecule has 7 atom stereocenters. The molecule has 0 aromatic rings. The summed E-state index contributed by atoms with van der Waals surface area (Å²) in [5.41, 5.74) is 1.17. The van der Waals surface area contributed by atoms with Crippen LogP contribution < -0.4 is 0 Å². The lowest BCUT2D eigenvalue weighted by molar-refractivity contribution is -0.131. The van der Waals surface area contributed by atoms with Crippen LogP contribution in [0.1, 0.15) is 58.8 Å². The maximum absolute atomic E-state index is 12.4. The monoisotopic (exact) mass is 270 g/mol. The van der Waals surface area contributed by atoms with Crippen molar-refractivity contribution < 1.29 is 4.79 Å². The van der Waals surface area contributed by atoms with Gasteiger partial charge in [0.25, 0.3) is 0 Å². The average Bonchev–Trinajstić information content (AvgIpc) is 2.96. The van der Waals surface area contributed by atoms with Gasteiger partial charge in [0, 0.05) is 11.8 Å². The summed E-state index contributed by atoms with van der Waals surface area (Å²) in [6, 6.07) is 0. The zero-order chi connectivity index (χ0) is 13.8. The standard InChI is InChI=1S/C19H26O/c1-17-8-7-15-13(14(17)3-4-16(17)20)6-10-19-11-12(19)5-9-18(15,19)2/h6,10,12-15H,3-5,7-9,11H2,1-2H3/t12-,13-,14-,15-,17+,18-,19+/m1/s1. The van der Waals surface area contributed by atoms with Gasteiger partial charge in [-0.3, -0.25) is 4.79 Å². The first-order valence-corrected chi connectivity index (χ1v) is 8.74. The predicted octanol–water partition coefficient (Wildman–Crippen LogP) is 4.37. The van der Waals surface area contributed by atoms with Crippen molar-refractivity contribution in [3.05, 3.63) is 12.2 Å².